The lowest BCUT2D eigenvalue weighted by Gasteiger charge is -2.05. The average molecular weight is 294 g/mol. The minimum atomic E-state index is -4.10. The highest BCUT2D eigenvalue weighted by molar-refractivity contribution is 7.85. The van der Waals surface area contributed by atoms with Crippen LogP contribution in [0.2, 0.25) is 0 Å². The minimum Gasteiger partial charge on any atom is -0.464 e. The molecule has 0 aliphatic heterocycles. The lowest BCUT2D eigenvalue weighted by atomic mass is 10.1. The van der Waals surface area contributed by atoms with Crippen LogP contribution in [0.15, 0.2) is 42.5 Å². The summed E-state index contributed by atoms with van der Waals surface area (Å²) < 4.78 is 34.2. The van der Waals surface area contributed by atoms with Crippen molar-refractivity contribution in [1.82, 2.24) is 0 Å². The molecule has 106 valence electrons. The predicted octanol–water partition coefficient (Wildman–Crippen LogP) is 1.81. The third kappa shape index (κ3) is 4.32. The molecule has 2 rings (SSSR count). The standard InChI is InChI=1S/C14H14O5S/c15-14(19-7-8-20(16,17)18)10-11-5-6-12-3-1-2-4-13(12)9-11/h1-6,9H,7-8,10H2,(H,16,17,18). The first-order valence-electron chi connectivity index (χ1n) is 6.02. The first-order chi connectivity index (χ1) is 9.44. The summed E-state index contributed by atoms with van der Waals surface area (Å²) in [6, 6.07) is 13.4. The van der Waals surface area contributed by atoms with Gasteiger partial charge in [-0.25, -0.2) is 0 Å². The molecule has 2 aromatic carbocycles. The second kappa shape index (κ2) is 6.02. The molecule has 2 aromatic rings. The highest BCUT2D eigenvalue weighted by atomic mass is 32.2. The molecule has 0 saturated carbocycles. The maximum atomic E-state index is 11.5. The monoisotopic (exact) mass is 294 g/mol. The van der Waals surface area contributed by atoms with Crippen LogP contribution in [0.1, 0.15) is 5.56 Å². The number of benzene rings is 2. The van der Waals surface area contributed by atoms with Gasteiger partial charge in [0.1, 0.15) is 12.4 Å². The van der Waals surface area contributed by atoms with Gasteiger partial charge in [-0.05, 0) is 16.3 Å². The van der Waals surface area contributed by atoms with Gasteiger partial charge < -0.3 is 4.74 Å². The summed E-state index contributed by atoms with van der Waals surface area (Å²) in [5, 5.41) is 2.10. The van der Waals surface area contributed by atoms with E-state index in [9.17, 15) is 13.2 Å². The molecule has 0 radical (unpaired) electrons. The summed E-state index contributed by atoms with van der Waals surface area (Å²) in [4.78, 5) is 11.5. The Morgan fingerprint density at radius 3 is 2.50 bits per heavy atom. The highest BCUT2D eigenvalue weighted by Gasteiger charge is 2.09. The summed E-state index contributed by atoms with van der Waals surface area (Å²) >= 11 is 0. The van der Waals surface area contributed by atoms with E-state index in [0.717, 1.165) is 16.3 Å². The summed E-state index contributed by atoms with van der Waals surface area (Å²) in [6.07, 6.45) is 0.0658. The van der Waals surface area contributed by atoms with Gasteiger partial charge in [0, 0.05) is 0 Å². The van der Waals surface area contributed by atoms with E-state index in [1.807, 2.05) is 42.5 Å². The van der Waals surface area contributed by atoms with Gasteiger partial charge >= 0.3 is 5.97 Å². The Bertz CT molecular complexity index is 721. The maximum Gasteiger partial charge on any atom is 0.310 e. The van der Waals surface area contributed by atoms with Crippen LogP contribution in [0.4, 0.5) is 0 Å². The molecule has 0 aliphatic rings. The molecule has 0 aliphatic carbocycles. The maximum absolute atomic E-state index is 11.5. The van der Waals surface area contributed by atoms with Crippen molar-refractivity contribution in [2.45, 2.75) is 6.42 Å². The van der Waals surface area contributed by atoms with Crippen molar-refractivity contribution >= 4 is 26.9 Å². The van der Waals surface area contributed by atoms with Crippen molar-refractivity contribution in [2.75, 3.05) is 12.4 Å². The van der Waals surface area contributed by atoms with Crippen LogP contribution in [0.5, 0.6) is 0 Å². The molecule has 0 amide bonds. The van der Waals surface area contributed by atoms with Crippen molar-refractivity contribution in [3.63, 3.8) is 0 Å². The van der Waals surface area contributed by atoms with Crippen LogP contribution < -0.4 is 0 Å². The number of carbonyl (C=O) groups excluding carboxylic acids is 1. The molecular weight excluding hydrogens is 280 g/mol. The van der Waals surface area contributed by atoms with E-state index in [4.69, 9.17) is 9.29 Å². The number of carbonyl (C=O) groups is 1. The van der Waals surface area contributed by atoms with Gasteiger partial charge in [-0.1, -0.05) is 42.5 Å². The van der Waals surface area contributed by atoms with E-state index in [1.165, 1.54) is 0 Å². The zero-order valence-corrected chi connectivity index (χ0v) is 11.5. The van der Waals surface area contributed by atoms with Crippen molar-refractivity contribution < 1.29 is 22.5 Å². The summed E-state index contributed by atoms with van der Waals surface area (Å²) in [7, 11) is -4.10. The van der Waals surface area contributed by atoms with E-state index in [1.54, 1.807) is 0 Å². The van der Waals surface area contributed by atoms with Crippen molar-refractivity contribution in [3.05, 3.63) is 48.0 Å². The Morgan fingerprint density at radius 2 is 1.80 bits per heavy atom. The van der Waals surface area contributed by atoms with E-state index < -0.39 is 21.8 Å². The second-order valence-electron chi connectivity index (χ2n) is 4.36. The van der Waals surface area contributed by atoms with Crippen LogP contribution in [0.3, 0.4) is 0 Å². The smallest absolute Gasteiger partial charge is 0.310 e. The zero-order valence-electron chi connectivity index (χ0n) is 10.7. The third-order valence-corrected chi connectivity index (χ3v) is 3.45. The summed E-state index contributed by atoms with van der Waals surface area (Å²) in [6.45, 7) is -0.342. The molecule has 0 fully saturated rings. The first kappa shape index (κ1) is 14.5. The Morgan fingerprint density at radius 1 is 1.10 bits per heavy atom. The highest BCUT2D eigenvalue weighted by Crippen LogP contribution is 2.16. The van der Waals surface area contributed by atoms with E-state index in [0.29, 0.717) is 0 Å². The summed E-state index contributed by atoms with van der Waals surface area (Å²) in [5.74, 6) is -1.11. The quantitative estimate of drug-likeness (QED) is 0.672. The molecule has 1 N–H and O–H groups in total. The van der Waals surface area contributed by atoms with Crippen molar-refractivity contribution in [1.29, 1.82) is 0 Å². The fourth-order valence-corrected chi connectivity index (χ4v) is 2.12. The van der Waals surface area contributed by atoms with Crippen molar-refractivity contribution in [3.8, 4) is 0 Å². The first-order valence-corrected chi connectivity index (χ1v) is 7.63. The largest absolute Gasteiger partial charge is 0.464 e. The van der Waals surface area contributed by atoms with Gasteiger partial charge in [-0.3, -0.25) is 9.35 Å². The number of hydrogen-bond donors (Lipinski definition) is 1. The van der Waals surface area contributed by atoms with Gasteiger partial charge in [0.05, 0.1) is 6.42 Å². The molecule has 0 atom stereocenters. The predicted molar refractivity (Wildman–Crippen MR) is 75.0 cm³/mol. The van der Waals surface area contributed by atoms with Crippen LogP contribution in [0, 0.1) is 0 Å². The van der Waals surface area contributed by atoms with Crippen LogP contribution in [0.25, 0.3) is 10.8 Å². The molecular formula is C14H14O5S. The van der Waals surface area contributed by atoms with Crippen LogP contribution in [-0.4, -0.2) is 31.3 Å². The van der Waals surface area contributed by atoms with Gasteiger partial charge in [0.2, 0.25) is 0 Å². The number of fused-ring (bicyclic) bond motifs is 1. The number of ether oxygens (including phenoxy) is 1. The fraction of sp³-hybridized carbons (Fsp3) is 0.214. The van der Waals surface area contributed by atoms with Crippen LogP contribution in [-0.2, 0) is 26.1 Å². The Balaban J connectivity index is 1.96. The molecule has 0 unspecified atom stereocenters. The molecule has 0 spiro atoms. The molecule has 20 heavy (non-hydrogen) atoms. The minimum absolute atomic E-state index is 0.0658. The number of esters is 1. The third-order valence-electron chi connectivity index (χ3n) is 2.77. The van der Waals surface area contributed by atoms with Gasteiger partial charge in [-0.15, -0.1) is 0 Å². The van der Waals surface area contributed by atoms with E-state index in [-0.39, 0.29) is 13.0 Å². The second-order valence-corrected chi connectivity index (χ2v) is 5.94. The van der Waals surface area contributed by atoms with Gasteiger partial charge in [0.15, 0.2) is 0 Å². The lowest BCUT2D eigenvalue weighted by Crippen LogP contribution is -2.15. The molecule has 0 heterocycles. The average Bonchev–Trinajstić information content (AvgIpc) is 2.37. The zero-order chi connectivity index (χ0) is 14.6. The topological polar surface area (TPSA) is 80.7 Å². The lowest BCUT2D eigenvalue weighted by molar-refractivity contribution is -0.142. The molecule has 0 saturated heterocycles. The molecule has 5 nitrogen and oxygen atoms in total. The SMILES string of the molecule is O=C(Cc1ccc2ccccc2c1)OCCS(=O)(=O)O. The molecule has 0 bridgehead atoms. The Kier molecular flexibility index (Phi) is 4.36. The normalized spacial score (nSPS) is 11.4. The number of hydrogen-bond acceptors (Lipinski definition) is 4. The Labute approximate surface area is 116 Å². The summed E-state index contributed by atoms with van der Waals surface area (Å²) in [5.41, 5.74) is 0.792. The molecule has 6 heteroatoms. The van der Waals surface area contributed by atoms with Gasteiger partial charge in [0.25, 0.3) is 10.1 Å². The van der Waals surface area contributed by atoms with Crippen molar-refractivity contribution in [2.24, 2.45) is 0 Å². The Hall–Kier alpha value is -1.92. The molecule has 0 aromatic heterocycles. The number of rotatable bonds is 5. The van der Waals surface area contributed by atoms with Crippen LogP contribution >= 0.6 is 0 Å². The van der Waals surface area contributed by atoms with E-state index >= 15 is 0 Å². The van der Waals surface area contributed by atoms with E-state index in [2.05, 4.69) is 0 Å². The van der Waals surface area contributed by atoms with Gasteiger partial charge in [-0.2, -0.15) is 8.42 Å². The fourth-order valence-electron chi connectivity index (χ4n) is 1.83.